The highest BCUT2D eigenvalue weighted by Gasteiger charge is 2.35. The van der Waals surface area contributed by atoms with Crippen LogP contribution in [0, 0.1) is 35.0 Å². The third-order valence-corrected chi connectivity index (χ3v) is 7.01. The predicted octanol–water partition coefficient (Wildman–Crippen LogP) is 8.50. The van der Waals surface area contributed by atoms with Crippen LogP contribution < -0.4 is 0 Å². The van der Waals surface area contributed by atoms with E-state index in [9.17, 15) is 0 Å². The summed E-state index contributed by atoms with van der Waals surface area (Å²) >= 11 is 0. The highest BCUT2D eigenvalue weighted by atomic mass is 14.4. The fourth-order valence-electron chi connectivity index (χ4n) is 5.25. The van der Waals surface area contributed by atoms with Gasteiger partial charge < -0.3 is 0 Å². The van der Waals surface area contributed by atoms with E-state index in [4.69, 9.17) is 0 Å². The molecule has 0 saturated heterocycles. The highest BCUT2D eigenvalue weighted by Crippen LogP contribution is 2.46. The lowest BCUT2D eigenvalue weighted by Crippen LogP contribution is -2.31. The maximum Gasteiger partial charge on any atom is -0.0272 e. The van der Waals surface area contributed by atoms with Crippen molar-refractivity contribution in [2.24, 2.45) is 35.0 Å². The number of hydrogen-bond acceptors (Lipinski definition) is 0. The molecule has 0 nitrogen and oxygen atoms in total. The van der Waals surface area contributed by atoms with Gasteiger partial charge in [-0.1, -0.05) is 93.4 Å². The monoisotopic (exact) mass is 336 g/mol. The van der Waals surface area contributed by atoms with Crippen LogP contribution >= 0.6 is 0 Å². The van der Waals surface area contributed by atoms with E-state index in [0.29, 0.717) is 5.41 Å². The normalized spacial score (nSPS) is 28.6. The fraction of sp³-hybridized carbons (Fsp3) is 1.00. The Morgan fingerprint density at radius 2 is 1.50 bits per heavy atom. The van der Waals surface area contributed by atoms with Crippen molar-refractivity contribution in [2.75, 3.05) is 0 Å². The van der Waals surface area contributed by atoms with E-state index < -0.39 is 0 Å². The quantitative estimate of drug-likeness (QED) is 0.396. The Balaban J connectivity index is 2.49. The summed E-state index contributed by atoms with van der Waals surface area (Å²) in [6, 6.07) is 0. The van der Waals surface area contributed by atoms with Crippen molar-refractivity contribution in [2.45, 2.75) is 119 Å². The van der Waals surface area contributed by atoms with E-state index >= 15 is 0 Å². The van der Waals surface area contributed by atoms with E-state index in [1.54, 1.807) is 0 Å². The lowest BCUT2D eigenvalue weighted by atomic mass is 9.63. The first-order valence-electron chi connectivity index (χ1n) is 11.2. The Hall–Kier alpha value is 0. The molecular formula is C24H48. The fourth-order valence-corrected chi connectivity index (χ4v) is 5.25. The molecule has 4 atom stereocenters. The minimum Gasteiger partial charge on any atom is -0.0628 e. The maximum atomic E-state index is 2.52. The van der Waals surface area contributed by atoms with Gasteiger partial charge in [0.05, 0.1) is 0 Å². The molecule has 1 rings (SSSR count). The van der Waals surface area contributed by atoms with Gasteiger partial charge in [0.1, 0.15) is 0 Å². The first-order chi connectivity index (χ1) is 11.2. The number of rotatable bonds is 9. The molecule has 0 aromatic carbocycles. The van der Waals surface area contributed by atoms with E-state index in [-0.39, 0.29) is 0 Å². The Bertz CT molecular complexity index is 316. The Morgan fingerprint density at radius 3 is 2.12 bits per heavy atom. The molecule has 1 aliphatic carbocycles. The number of hydrogen-bond donors (Lipinski definition) is 0. The zero-order valence-corrected chi connectivity index (χ0v) is 18.2. The molecule has 0 heteroatoms. The van der Waals surface area contributed by atoms with Gasteiger partial charge in [-0.3, -0.25) is 0 Å². The molecule has 0 spiro atoms. The molecule has 0 bridgehead atoms. The van der Waals surface area contributed by atoms with Crippen molar-refractivity contribution in [3.8, 4) is 0 Å². The molecule has 144 valence electrons. The van der Waals surface area contributed by atoms with Crippen molar-refractivity contribution < 1.29 is 0 Å². The summed E-state index contributed by atoms with van der Waals surface area (Å²) in [5, 5.41) is 0. The summed E-state index contributed by atoms with van der Waals surface area (Å²) < 4.78 is 0. The molecule has 0 heterocycles. The molecule has 0 aromatic heterocycles. The molecule has 1 fully saturated rings. The van der Waals surface area contributed by atoms with Crippen LogP contribution in [0.15, 0.2) is 0 Å². The van der Waals surface area contributed by atoms with Gasteiger partial charge >= 0.3 is 0 Å². The minimum absolute atomic E-state index is 0.637. The van der Waals surface area contributed by atoms with Crippen LogP contribution in [0.4, 0.5) is 0 Å². The van der Waals surface area contributed by atoms with Gasteiger partial charge in [-0.15, -0.1) is 0 Å². The first kappa shape index (κ1) is 22.0. The minimum atomic E-state index is 0.637. The smallest absolute Gasteiger partial charge is 0.0272 e. The molecule has 0 aromatic rings. The molecule has 0 amide bonds. The van der Waals surface area contributed by atoms with Crippen molar-refractivity contribution in [1.29, 1.82) is 0 Å². The Labute approximate surface area is 154 Å². The second-order valence-corrected chi connectivity index (χ2v) is 10.4. The summed E-state index contributed by atoms with van der Waals surface area (Å²) in [6.07, 6.45) is 16.1. The predicted molar refractivity (Wildman–Crippen MR) is 110 cm³/mol. The Morgan fingerprint density at radius 1 is 0.833 bits per heavy atom. The lowest BCUT2D eigenvalue weighted by Gasteiger charge is -2.42. The van der Waals surface area contributed by atoms with Crippen LogP contribution in [-0.4, -0.2) is 0 Å². The lowest BCUT2D eigenvalue weighted by molar-refractivity contribution is 0.0873. The third kappa shape index (κ3) is 7.92. The molecule has 4 unspecified atom stereocenters. The van der Waals surface area contributed by atoms with Crippen LogP contribution in [0.5, 0.6) is 0 Å². The van der Waals surface area contributed by atoms with E-state index in [2.05, 4.69) is 48.5 Å². The third-order valence-electron chi connectivity index (χ3n) is 7.01. The van der Waals surface area contributed by atoms with Crippen molar-refractivity contribution in [3.63, 3.8) is 0 Å². The molecule has 0 aliphatic heterocycles. The molecule has 0 radical (unpaired) electrons. The molecule has 24 heavy (non-hydrogen) atoms. The van der Waals surface area contributed by atoms with Crippen LogP contribution in [0.2, 0.25) is 0 Å². The standard InChI is InChI=1S/C24H48/c1-19(2)17-22(6)13-12-21(5)14-16-24(20(3)4)15-10-8-9-11-23(7)18-24/h19-23H,8-18H2,1-7H3. The summed E-state index contributed by atoms with van der Waals surface area (Å²) in [5.41, 5.74) is 0.637. The van der Waals surface area contributed by atoms with E-state index in [1.807, 2.05) is 0 Å². The molecule has 1 aliphatic rings. The average molecular weight is 337 g/mol. The summed E-state index contributed by atoms with van der Waals surface area (Å²) in [4.78, 5) is 0. The van der Waals surface area contributed by atoms with Gasteiger partial charge in [0, 0.05) is 0 Å². The van der Waals surface area contributed by atoms with Gasteiger partial charge in [0.15, 0.2) is 0 Å². The summed E-state index contributed by atoms with van der Waals surface area (Å²) in [7, 11) is 0. The van der Waals surface area contributed by atoms with Crippen LogP contribution in [0.3, 0.4) is 0 Å². The van der Waals surface area contributed by atoms with E-state index in [1.165, 1.54) is 70.6 Å². The summed E-state index contributed by atoms with van der Waals surface area (Å²) in [5.74, 6) is 4.47. The van der Waals surface area contributed by atoms with Gasteiger partial charge in [-0.25, -0.2) is 0 Å². The van der Waals surface area contributed by atoms with Gasteiger partial charge in [-0.2, -0.15) is 0 Å². The van der Waals surface area contributed by atoms with Gasteiger partial charge in [0.2, 0.25) is 0 Å². The second-order valence-electron chi connectivity index (χ2n) is 10.4. The van der Waals surface area contributed by atoms with E-state index in [0.717, 1.165) is 29.6 Å². The Kier molecular flexibility index (Phi) is 9.98. The summed E-state index contributed by atoms with van der Waals surface area (Å²) in [6.45, 7) is 17.2. The van der Waals surface area contributed by atoms with Crippen molar-refractivity contribution >= 4 is 0 Å². The second kappa shape index (κ2) is 10.9. The molecule has 1 saturated carbocycles. The van der Waals surface area contributed by atoms with Gasteiger partial charge in [-0.05, 0) is 60.7 Å². The zero-order valence-electron chi connectivity index (χ0n) is 18.2. The van der Waals surface area contributed by atoms with Crippen LogP contribution in [-0.2, 0) is 0 Å². The zero-order chi connectivity index (χ0) is 18.2. The largest absolute Gasteiger partial charge is 0.0628 e. The van der Waals surface area contributed by atoms with Crippen molar-refractivity contribution in [1.82, 2.24) is 0 Å². The first-order valence-corrected chi connectivity index (χ1v) is 11.2. The van der Waals surface area contributed by atoms with Gasteiger partial charge in [0.25, 0.3) is 0 Å². The van der Waals surface area contributed by atoms with Crippen LogP contribution in [0.1, 0.15) is 119 Å². The topological polar surface area (TPSA) is 0 Å². The molecular weight excluding hydrogens is 288 g/mol. The maximum absolute atomic E-state index is 2.52. The van der Waals surface area contributed by atoms with Crippen molar-refractivity contribution in [3.05, 3.63) is 0 Å². The molecule has 0 N–H and O–H groups in total. The van der Waals surface area contributed by atoms with Crippen LogP contribution in [0.25, 0.3) is 0 Å². The average Bonchev–Trinajstić information content (AvgIpc) is 2.46. The highest BCUT2D eigenvalue weighted by molar-refractivity contribution is 4.86. The SMILES string of the molecule is CC(C)CC(C)CCC(C)CCC1(C(C)C)CCCCCC(C)C1.